The first-order valence-electron chi connectivity index (χ1n) is 7.15. The average Bonchev–Trinajstić information content (AvgIpc) is 2.51. The van der Waals surface area contributed by atoms with Crippen molar-refractivity contribution >= 4 is 24.4 Å². The number of benzene rings is 1. The monoisotopic (exact) mass is 333 g/mol. The number of amides is 2. The maximum absolute atomic E-state index is 11.8. The molecule has 6 N–H and O–H groups in total. The lowest BCUT2D eigenvalue weighted by atomic mass is 10.00. The highest BCUT2D eigenvalue weighted by molar-refractivity contribution is 5.96. The van der Waals surface area contributed by atoms with Crippen molar-refractivity contribution in [2.45, 2.75) is 20.8 Å². The summed E-state index contributed by atoms with van der Waals surface area (Å²) in [6, 6.07) is 5.14. The van der Waals surface area contributed by atoms with Gasteiger partial charge in [0.05, 0.1) is 12.2 Å². The van der Waals surface area contributed by atoms with Gasteiger partial charge >= 0.3 is 5.97 Å². The normalized spacial score (nSPS) is 11.1. The molecule has 0 aromatic heterocycles. The van der Waals surface area contributed by atoms with Crippen molar-refractivity contribution in [3.63, 3.8) is 0 Å². The number of nitrogens with two attached hydrogens (primary N) is 3. The third-order valence-corrected chi connectivity index (χ3v) is 3.02. The van der Waals surface area contributed by atoms with Gasteiger partial charge in [-0.15, -0.1) is 0 Å². The second-order valence-corrected chi connectivity index (χ2v) is 4.70. The Hall–Kier alpha value is -3.09. The smallest absolute Gasteiger partial charge is 0.339 e. The topological polar surface area (TPSA) is 138 Å². The molecular formula is C17H23N3O4. The molecule has 0 unspecified atom stereocenters. The Bertz CT molecular complexity index is 664. The maximum atomic E-state index is 11.8. The van der Waals surface area contributed by atoms with Gasteiger partial charge < -0.3 is 21.9 Å². The zero-order valence-electron chi connectivity index (χ0n) is 14.0. The molecule has 0 radical (unpaired) electrons. The Morgan fingerprint density at radius 3 is 2.29 bits per heavy atom. The standard InChI is InChI=1S/C16H20N2O3.CH3NO/c1-4-21-16(20)14(9-17)11(3)7-13-8-12(15(18)19)6-5-10(13)2;2-1-3/h5-9H,4,17H2,1-3H3,(H2,18,19);1H,(H2,2,3)/b11-7+,14-9+;. The molecule has 0 aliphatic heterocycles. The second kappa shape index (κ2) is 10.6. The Morgan fingerprint density at radius 2 is 1.83 bits per heavy atom. The highest BCUT2D eigenvalue weighted by Crippen LogP contribution is 2.19. The lowest BCUT2D eigenvalue weighted by Gasteiger charge is -2.08. The molecule has 7 nitrogen and oxygen atoms in total. The van der Waals surface area contributed by atoms with Crippen molar-refractivity contribution in [2.24, 2.45) is 17.2 Å². The van der Waals surface area contributed by atoms with Crippen LogP contribution in [0.25, 0.3) is 6.08 Å². The van der Waals surface area contributed by atoms with Crippen LogP contribution in [0, 0.1) is 6.92 Å². The van der Waals surface area contributed by atoms with Crippen LogP contribution in [0.2, 0.25) is 0 Å². The summed E-state index contributed by atoms with van der Waals surface area (Å²) in [7, 11) is 0. The molecule has 0 atom stereocenters. The fourth-order valence-corrected chi connectivity index (χ4v) is 1.83. The molecule has 2 amide bonds. The van der Waals surface area contributed by atoms with Crippen LogP contribution in [-0.2, 0) is 14.3 Å². The molecule has 1 aromatic rings. The summed E-state index contributed by atoms with van der Waals surface area (Å²) in [6.45, 7) is 5.66. The highest BCUT2D eigenvalue weighted by Gasteiger charge is 2.12. The largest absolute Gasteiger partial charge is 0.462 e. The van der Waals surface area contributed by atoms with E-state index in [-0.39, 0.29) is 13.0 Å². The molecule has 0 saturated carbocycles. The van der Waals surface area contributed by atoms with E-state index in [1.807, 2.05) is 6.92 Å². The summed E-state index contributed by atoms with van der Waals surface area (Å²) in [5.74, 6) is -0.972. The molecule has 0 saturated heterocycles. The Balaban J connectivity index is 0.00000163. The van der Waals surface area contributed by atoms with Gasteiger partial charge in [0.25, 0.3) is 0 Å². The van der Waals surface area contributed by atoms with Crippen molar-refractivity contribution in [1.29, 1.82) is 0 Å². The van der Waals surface area contributed by atoms with Gasteiger partial charge in [-0.3, -0.25) is 9.59 Å². The van der Waals surface area contributed by atoms with E-state index in [0.29, 0.717) is 16.7 Å². The number of rotatable bonds is 5. The van der Waals surface area contributed by atoms with E-state index in [2.05, 4.69) is 5.73 Å². The van der Waals surface area contributed by atoms with Gasteiger partial charge in [0, 0.05) is 11.8 Å². The van der Waals surface area contributed by atoms with Crippen molar-refractivity contribution in [3.8, 4) is 0 Å². The van der Waals surface area contributed by atoms with Gasteiger partial charge in [0.15, 0.2) is 0 Å². The van der Waals surface area contributed by atoms with Gasteiger partial charge in [0.2, 0.25) is 12.3 Å². The lowest BCUT2D eigenvalue weighted by molar-refractivity contribution is -0.138. The molecule has 0 heterocycles. The van der Waals surface area contributed by atoms with Crippen LogP contribution in [-0.4, -0.2) is 24.9 Å². The maximum Gasteiger partial charge on any atom is 0.339 e. The van der Waals surface area contributed by atoms with Gasteiger partial charge in [-0.2, -0.15) is 0 Å². The Labute approximate surface area is 141 Å². The highest BCUT2D eigenvalue weighted by atomic mass is 16.5. The fourth-order valence-electron chi connectivity index (χ4n) is 1.83. The van der Waals surface area contributed by atoms with Crippen molar-refractivity contribution in [1.82, 2.24) is 0 Å². The first-order valence-corrected chi connectivity index (χ1v) is 7.15. The van der Waals surface area contributed by atoms with Crippen molar-refractivity contribution < 1.29 is 19.1 Å². The van der Waals surface area contributed by atoms with E-state index in [9.17, 15) is 9.59 Å². The summed E-state index contributed by atoms with van der Waals surface area (Å²) < 4.78 is 4.94. The van der Waals surface area contributed by atoms with Crippen LogP contribution in [0.5, 0.6) is 0 Å². The van der Waals surface area contributed by atoms with E-state index in [0.717, 1.165) is 11.1 Å². The summed E-state index contributed by atoms with van der Waals surface area (Å²) in [6.07, 6.45) is 3.24. The summed E-state index contributed by atoms with van der Waals surface area (Å²) in [5, 5.41) is 0. The number of carbonyl (C=O) groups excluding carboxylic acids is 3. The predicted molar refractivity (Wildman–Crippen MR) is 92.5 cm³/mol. The predicted octanol–water partition coefficient (Wildman–Crippen LogP) is 1.00. The zero-order chi connectivity index (χ0) is 18.7. The molecule has 1 rings (SSSR count). The minimum atomic E-state index is -0.498. The van der Waals surface area contributed by atoms with Gasteiger partial charge in [-0.25, -0.2) is 4.79 Å². The number of hydrogen-bond donors (Lipinski definition) is 3. The van der Waals surface area contributed by atoms with Crippen LogP contribution < -0.4 is 17.2 Å². The number of aryl methyl sites for hydroxylation is 1. The van der Waals surface area contributed by atoms with Gasteiger partial charge in [-0.05, 0) is 49.6 Å². The second-order valence-electron chi connectivity index (χ2n) is 4.70. The molecule has 0 aliphatic carbocycles. The van der Waals surface area contributed by atoms with Crippen molar-refractivity contribution in [3.05, 3.63) is 52.2 Å². The number of hydrogen-bond acceptors (Lipinski definition) is 5. The fraction of sp³-hybridized carbons (Fsp3) is 0.235. The summed E-state index contributed by atoms with van der Waals surface area (Å²) in [4.78, 5) is 31.6. The molecule has 0 fully saturated rings. The molecule has 0 aliphatic rings. The lowest BCUT2D eigenvalue weighted by Crippen LogP contribution is -2.11. The minimum Gasteiger partial charge on any atom is -0.462 e. The van der Waals surface area contributed by atoms with E-state index in [4.69, 9.17) is 21.0 Å². The minimum absolute atomic E-state index is 0.250. The van der Waals surface area contributed by atoms with Crippen LogP contribution in [0.15, 0.2) is 35.5 Å². The third kappa shape index (κ3) is 6.35. The van der Waals surface area contributed by atoms with Crippen LogP contribution in [0.1, 0.15) is 35.3 Å². The van der Waals surface area contributed by atoms with Crippen LogP contribution in [0.3, 0.4) is 0 Å². The molecule has 130 valence electrons. The first kappa shape index (κ1) is 20.9. The molecule has 0 spiro atoms. The van der Waals surface area contributed by atoms with Gasteiger partial charge in [0.1, 0.15) is 0 Å². The summed E-state index contributed by atoms with van der Waals surface area (Å²) in [5.41, 5.74) is 18.0. The number of carbonyl (C=O) groups is 3. The molecule has 1 aromatic carbocycles. The quantitative estimate of drug-likeness (QED) is 0.319. The number of primary amides is 2. The average molecular weight is 333 g/mol. The van der Waals surface area contributed by atoms with E-state index >= 15 is 0 Å². The van der Waals surface area contributed by atoms with Crippen LogP contribution >= 0.6 is 0 Å². The molecule has 24 heavy (non-hydrogen) atoms. The van der Waals surface area contributed by atoms with E-state index < -0.39 is 11.9 Å². The summed E-state index contributed by atoms with van der Waals surface area (Å²) >= 11 is 0. The third-order valence-electron chi connectivity index (χ3n) is 3.02. The van der Waals surface area contributed by atoms with E-state index in [1.165, 1.54) is 6.20 Å². The molecular weight excluding hydrogens is 310 g/mol. The van der Waals surface area contributed by atoms with E-state index in [1.54, 1.807) is 38.1 Å². The molecule has 0 bridgehead atoms. The van der Waals surface area contributed by atoms with Gasteiger partial charge in [-0.1, -0.05) is 12.1 Å². The Morgan fingerprint density at radius 1 is 1.25 bits per heavy atom. The van der Waals surface area contributed by atoms with Crippen LogP contribution in [0.4, 0.5) is 0 Å². The number of esters is 1. The Kier molecular flexibility index (Phi) is 9.24. The molecule has 7 heteroatoms. The SMILES string of the molecule is CCOC(=O)C(=C/N)/C(C)=C/c1cc(C(N)=O)ccc1C.NC=O. The zero-order valence-corrected chi connectivity index (χ0v) is 14.0. The first-order chi connectivity index (χ1) is 11.3. The van der Waals surface area contributed by atoms with Crippen molar-refractivity contribution in [2.75, 3.05) is 6.61 Å². The number of ether oxygens (including phenoxy) is 1.